The van der Waals surface area contributed by atoms with E-state index in [1.807, 2.05) is 18.2 Å². The van der Waals surface area contributed by atoms with Crippen LogP contribution < -0.4 is 10.2 Å². The van der Waals surface area contributed by atoms with Crippen LogP contribution in [-0.2, 0) is 17.8 Å². The van der Waals surface area contributed by atoms with Crippen LogP contribution in [0.2, 0.25) is 0 Å². The van der Waals surface area contributed by atoms with E-state index in [1.54, 1.807) is 18.2 Å². The number of para-hydroxylation sites is 1. The fraction of sp³-hybridized carbons (Fsp3) is 0.211. The monoisotopic (exact) mass is 316 g/mol. The summed E-state index contributed by atoms with van der Waals surface area (Å²) >= 11 is 0. The molecule has 1 aliphatic rings. The summed E-state index contributed by atoms with van der Waals surface area (Å²) in [7, 11) is 0. The largest absolute Gasteiger partial charge is 0.365 e. The Bertz CT molecular complexity index is 857. The summed E-state index contributed by atoms with van der Waals surface area (Å²) in [6.07, 6.45) is 0.746. The van der Waals surface area contributed by atoms with Crippen LogP contribution in [0.1, 0.15) is 29.2 Å². The van der Waals surface area contributed by atoms with E-state index in [-0.39, 0.29) is 5.91 Å². The van der Waals surface area contributed by atoms with Crippen molar-refractivity contribution < 1.29 is 4.79 Å². The SMILES string of the molecule is CC(=O)Nc1cccc2c1CCN(c1c(C#N)cccc1C#N)C2. The zero-order valence-electron chi connectivity index (χ0n) is 13.3. The highest BCUT2D eigenvalue weighted by atomic mass is 16.1. The summed E-state index contributed by atoms with van der Waals surface area (Å²) in [5.74, 6) is -0.0903. The van der Waals surface area contributed by atoms with Crippen LogP contribution in [0.15, 0.2) is 36.4 Å². The van der Waals surface area contributed by atoms with Crippen molar-refractivity contribution in [2.45, 2.75) is 19.9 Å². The smallest absolute Gasteiger partial charge is 0.221 e. The molecule has 2 aromatic carbocycles. The Morgan fingerprint density at radius 2 is 1.79 bits per heavy atom. The minimum absolute atomic E-state index is 0.0903. The Balaban J connectivity index is 1.99. The summed E-state index contributed by atoms with van der Waals surface area (Å²) in [6, 6.07) is 15.4. The summed E-state index contributed by atoms with van der Waals surface area (Å²) < 4.78 is 0. The van der Waals surface area contributed by atoms with Crippen LogP contribution in [0.3, 0.4) is 0 Å². The number of hydrogen-bond donors (Lipinski definition) is 1. The van der Waals surface area contributed by atoms with E-state index < -0.39 is 0 Å². The summed E-state index contributed by atoms with van der Waals surface area (Å²) in [6.45, 7) is 2.80. The van der Waals surface area contributed by atoms with E-state index >= 15 is 0 Å². The molecular weight excluding hydrogens is 300 g/mol. The van der Waals surface area contributed by atoms with Gasteiger partial charge in [0.05, 0.1) is 16.8 Å². The number of carbonyl (C=O) groups is 1. The lowest BCUT2D eigenvalue weighted by molar-refractivity contribution is -0.114. The molecule has 1 N–H and O–H groups in total. The normalized spacial score (nSPS) is 12.7. The van der Waals surface area contributed by atoms with Gasteiger partial charge in [0.25, 0.3) is 0 Å². The minimum Gasteiger partial charge on any atom is -0.365 e. The lowest BCUT2D eigenvalue weighted by Crippen LogP contribution is -2.32. The van der Waals surface area contributed by atoms with E-state index in [1.165, 1.54) is 6.92 Å². The maximum absolute atomic E-state index is 11.4. The van der Waals surface area contributed by atoms with Crippen LogP contribution >= 0.6 is 0 Å². The number of nitriles is 2. The van der Waals surface area contributed by atoms with Crippen molar-refractivity contribution in [3.8, 4) is 12.1 Å². The molecule has 1 aliphatic heterocycles. The second-order valence-electron chi connectivity index (χ2n) is 5.72. The summed E-state index contributed by atoms with van der Waals surface area (Å²) in [5, 5.41) is 21.6. The molecule has 5 nitrogen and oxygen atoms in total. The molecule has 0 spiro atoms. The first-order chi connectivity index (χ1) is 11.6. The van der Waals surface area contributed by atoms with E-state index in [9.17, 15) is 15.3 Å². The molecule has 0 unspecified atom stereocenters. The second kappa shape index (κ2) is 6.44. The Morgan fingerprint density at radius 3 is 2.42 bits per heavy atom. The van der Waals surface area contributed by atoms with Crippen molar-refractivity contribution in [3.63, 3.8) is 0 Å². The van der Waals surface area contributed by atoms with Crippen molar-refractivity contribution >= 4 is 17.3 Å². The second-order valence-corrected chi connectivity index (χ2v) is 5.72. The van der Waals surface area contributed by atoms with Crippen molar-refractivity contribution in [3.05, 3.63) is 58.7 Å². The van der Waals surface area contributed by atoms with E-state index in [0.29, 0.717) is 29.9 Å². The van der Waals surface area contributed by atoms with Crippen LogP contribution in [0.4, 0.5) is 11.4 Å². The topological polar surface area (TPSA) is 79.9 Å². The third kappa shape index (κ3) is 2.80. The maximum atomic E-state index is 11.4. The molecule has 0 bridgehead atoms. The standard InChI is InChI=1S/C19H16N4O/c1-13(24)22-18-7-3-6-16-12-23(9-8-17(16)18)19-14(10-20)4-2-5-15(19)11-21/h2-7H,8-9,12H2,1H3,(H,22,24). The maximum Gasteiger partial charge on any atom is 0.221 e. The molecule has 0 fully saturated rings. The highest BCUT2D eigenvalue weighted by Gasteiger charge is 2.23. The van der Waals surface area contributed by atoms with Gasteiger partial charge < -0.3 is 10.2 Å². The molecule has 0 atom stereocenters. The predicted octanol–water partition coefficient (Wildman–Crippen LogP) is 2.95. The Hall–Kier alpha value is -3.31. The average Bonchev–Trinajstić information content (AvgIpc) is 2.60. The van der Waals surface area contributed by atoms with E-state index in [2.05, 4.69) is 22.4 Å². The number of hydrogen-bond acceptors (Lipinski definition) is 4. The lowest BCUT2D eigenvalue weighted by Gasteiger charge is -2.32. The highest BCUT2D eigenvalue weighted by Crippen LogP contribution is 2.32. The van der Waals surface area contributed by atoms with Crippen molar-refractivity contribution in [1.82, 2.24) is 0 Å². The number of nitrogens with one attached hydrogen (secondary N) is 1. The predicted molar refractivity (Wildman–Crippen MR) is 91.4 cm³/mol. The molecular formula is C19H16N4O. The lowest BCUT2D eigenvalue weighted by atomic mass is 9.96. The summed E-state index contributed by atoms with van der Waals surface area (Å²) in [4.78, 5) is 13.4. The van der Waals surface area contributed by atoms with Gasteiger partial charge in [0, 0.05) is 25.7 Å². The zero-order valence-corrected chi connectivity index (χ0v) is 13.3. The molecule has 1 heterocycles. The number of anilines is 2. The zero-order chi connectivity index (χ0) is 17.1. The van der Waals surface area contributed by atoms with E-state index in [4.69, 9.17) is 0 Å². The number of nitrogens with zero attached hydrogens (tertiary/aromatic N) is 3. The van der Waals surface area contributed by atoms with Gasteiger partial charge in [-0.25, -0.2) is 0 Å². The molecule has 0 saturated carbocycles. The first kappa shape index (κ1) is 15.6. The average molecular weight is 316 g/mol. The number of carbonyl (C=O) groups excluding carboxylic acids is 1. The number of rotatable bonds is 2. The van der Waals surface area contributed by atoms with Crippen LogP contribution in [0.25, 0.3) is 0 Å². The minimum atomic E-state index is -0.0903. The van der Waals surface area contributed by atoms with Crippen LogP contribution in [0.5, 0.6) is 0 Å². The van der Waals surface area contributed by atoms with Crippen molar-refractivity contribution in [1.29, 1.82) is 10.5 Å². The van der Waals surface area contributed by atoms with Gasteiger partial charge in [-0.1, -0.05) is 18.2 Å². The van der Waals surface area contributed by atoms with Gasteiger partial charge in [-0.2, -0.15) is 10.5 Å². The molecule has 5 heteroatoms. The van der Waals surface area contributed by atoms with Crippen LogP contribution in [-0.4, -0.2) is 12.5 Å². The van der Waals surface area contributed by atoms with Gasteiger partial charge in [-0.05, 0) is 35.7 Å². The molecule has 0 radical (unpaired) electrons. The molecule has 2 aromatic rings. The molecule has 1 amide bonds. The Morgan fingerprint density at radius 1 is 1.12 bits per heavy atom. The number of benzene rings is 2. The molecule has 118 valence electrons. The molecule has 24 heavy (non-hydrogen) atoms. The molecule has 0 aliphatic carbocycles. The van der Waals surface area contributed by atoms with Gasteiger partial charge >= 0.3 is 0 Å². The number of fused-ring (bicyclic) bond motifs is 1. The first-order valence-corrected chi connectivity index (χ1v) is 7.70. The van der Waals surface area contributed by atoms with Gasteiger partial charge in [-0.3, -0.25) is 4.79 Å². The van der Waals surface area contributed by atoms with Gasteiger partial charge in [0.2, 0.25) is 5.91 Å². The number of amides is 1. The molecule has 0 aromatic heterocycles. The molecule has 0 saturated heterocycles. The van der Waals surface area contributed by atoms with Gasteiger partial charge in [0.15, 0.2) is 0 Å². The van der Waals surface area contributed by atoms with E-state index in [0.717, 1.165) is 23.2 Å². The van der Waals surface area contributed by atoms with Gasteiger partial charge in [0.1, 0.15) is 12.1 Å². The fourth-order valence-corrected chi connectivity index (χ4v) is 3.17. The Kier molecular flexibility index (Phi) is 4.18. The van der Waals surface area contributed by atoms with Crippen molar-refractivity contribution in [2.75, 3.05) is 16.8 Å². The third-order valence-corrected chi connectivity index (χ3v) is 4.17. The first-order valence-electron chi connectivity index (χ1n) is 7.70. The van der Waals surface area contributed by atoms with Gasteiger partial charge in [-0.15, -0.1) is 0 Å². The Labute approximate surface area is 140 Å². The fourth-order valence-electron chi connectivity index (χ4n) is 3.17. The van der Waals surface area contributed by atoms with Crippen LogP contribution in [0, 0.1) is 22.7 Å². The quantitative estimate of drug-likeness (QED) is 0.923. The highest BCUT2D eigenvalue weighted by molar-refractivity contribution is 5.90. The molecule has 3 rings (SSSR count). The van der Waals surface area contributed by atoms with Crippen molar-refractivity contribution in [2.24, 2.45) is 0 Å². The third-order valence-electron chi connectivity index (χ3n) is 4.17. The summed E-state index contributed by atoms with van der Waals surface area (Å²) in [5.41, 5.74) is 4.78.